The van der Waals surface area contributed by atoms with Crippen molar-refractivity contribution in [2.75, 3.05) is 38.3 Å². The lowest BCUT2D eigenvalue weighted by atomic mass is 10.1. The van der Waals surface area contributed by atoms with Gasteiger partial charge in [0.2, 0.25) is 12.7 Å². The molecule has 2 aromatic carbocycles. The van der Waals surface area contributed by atoms with Gasteiger partial charge in [0.15, 0.2) is 11.5 Å². The van der Waals surface area contributed by atoms with E-state index < -0.39 is 23.7 Å². The van der Waals surface area contributed by atoms with Crippen molar-refractivity contribution in [1.82, 2.24) is 9.80 Å². The molecule has 2 aromatic rings. The van der Waals surface area contributed by atoms with Gasteiger partial charge in [-0.25, -0.2) is 0 Å². The van der Waals surface area contributed by atoms with E-state index in [1.807, 2.05) is 23.1 Å². The molecule has 0 radical (unpaired) electrons. The largest absolute Gasteiger partial charge is 0.454 e. The van der Waals surface area contributed by atoms with Gasteiger partial charge in [0.1, 0.15) is 0 Å². The van der Waals surface area contributed by atoms with Crippen molar-refractivity contribution in [3.05, 3.63) is 53.6 Å². The third-order valence-corrected chi connectivity index (χ3v) is 5.67. The number of benzene rings is 2. The number of carbonyl (C=O) groups excluding carboxylic acids is 1. The first-order chi connectivity index (χ1) is 14.8. The van der Waals surface area contributed by atoms with Gasteiger partial charge in [-0.05, 0) is 36.8 Å². The highest BCUT2D eigenvalue weighted by atomic mass is 19.4. The van der Waals surface area contributed by atoms with Gasteiger partial charge in [-0.3, -0.25) is 14.6 Å². The molecule has 4 rings (SSSR count). The third kappa shape index (κ3) is 4.94. The Labute approximate surface area is 178 Å². The Bertz CT molecular complexity index is 943. The molecule has 2 heterocycles. The van der Waals surface area contributed by atoms with Gasteiger partial charge in [-0.2, -0.15) is 13.2 Å². The van der Waals surface area contributed by atoms with Crippen LogP contribution in [-0.4, -0.2) is 54.7 Å². The fourth-order valence-corrected chi connectivity index (χ4v) is 3.85. The van der Waals surface area contributed by atoms with Crippen molar-refractivity contribution in [3.8, 4) is 11.5 Å². The minimum absolute atomic E-state index is 0.215. The molecule has 0 bridgehead atoms. The molecule has 0 aromatic heterocycles. The number of anilines is 1. The zero-order valence-electron chi connectivity index (χ0n) is 17.1. The van der Waals surface area contributed by atoms with Crippen molar-refractivity contribution in [2.24, 2.45) is 0 Å². The predicted molar refractivity (Wildman–Crippen MR) is 109 cm³/mol. The quantitative estimate of drug-likeness (QED) is 0.778. The van der Waals surface area contributed by atoms with E-state index in [0.29, 0.717) is 13.1 Å². The van der Waals surface area contributed by atoms with Crippen LogP contribution in [0.3, 0.4) is 0 Å². The maximum Gasteiger partial charge on any atom is 0.418 e. The number of carbonyl (C=O) groups is 1. The van der Waals surface area contributed by atoms with Crippen molar-refractivity contribution in [3.63, 3.8) is 0 Å². The van der Waals surface area contributed by atoms with E-state index in [4.69, 9.17) is 9.47 Å². The molecule has 1 amide bonds. The number of nitrogens with zero attached hydrogens (tertiary/aromatic N) is 2. The number of nitrogens with one attached hydrogen (secondary N) is 1. The molecule has 2 aliphatic rings. The first kappa shape index (κ1) is 21.5. The SMILES string of the molecule is CC(C(=O)Nc1ccccc1C(F)(F)F)N1CCN(Cc2ccc3c(c2)OCO3)CC1. The van der Waals surface area contributed by atoms with E-state index >= 15 is 0 Å². The van der Waals surface area contributed by atoms with Gasteiger partial charge in [0, 0.05) is 32.7 Å². The number of hydrogen-bond acceptors (Lipinski definition) is 5. The molecule has 1 N–H and O–H groups in total. The van der Waals surface area contributed by atoms with Crippen LogP contribution in [0.15, 0.2) is 42.5 Å². The zero-order valence-corrected chi connectivity index (χ0v) is 17.1. The van der Waals surface area contributed by atoms with Gasteiger partial charge >= 0.3 is 6.18 Å². The van der Waals surface area contributed by atoms with E-state index in [0.717, 1.165) is 42.8 Å². The Morgan fingerprint density at radius 3 is 2.52 bits per heavy atom. The molecule has 166 valence electrons. The Balaban J connectivity index is 1.31. The lowest BCUT2D eigenvalue weighted by Gasteiger charge is -2.37. The molecule has 1 unspecified atom stereocenters. The van der Waals surface area contributed by atoms with Gasteiger partial charge in [-0.15, -0.1) is 0 Å². The highest BCUT2D eigenvalue weighted by Gasteiger charge is 2.34. The Morgan fingerprint density at radius 2 is 1.77 bits per heavy atom. The second-order valence-corrected chi connectivity index (χ2v) is 7.71. The molecule has 1 atom stereocenters. The summed E-state index contributed by atoms with van der Waals surface area (Å²) in [5.74, 6) is 1.06. The predicted octanol–water partition coefficient (Wildman–Crippen LogP) is 3.58. The molecular formula is C22H24F3N3O3. The summed E-state index contributed by atoms with van der Waals surface area (Å²) in [5, 5.41) is 2.45. The second kappa shape index (κ2) is 8.76. The minimum Gasteiger partial charge on any atom is -0.454 e. The Morgan fingerprint density at radius 1 is 1.06 bits per heavy atom. The molecular weight excluding hydrogens is 411 g/mol. The topological polar surface area (TPSA) is 54.0 Å². The van der Waals surface area contributed by atoms with Crippen molar-refractivity contribution in [2.45, 2.75) is 25.7 Å². The van der Waals surface area contributed by atoms with Gasteiger partial charge < -0.3 is 14.8 Å². The van der Waals surface area contributed by atoms with E-state index in [1.165, 1.54) is 18.2 Å². The Kier molecular flexibility index (Phi) is 6.06. The van der Waals surface area contributed by atoms with Crippen molar-refractivity contribution in [1.29, 1.82) is 0 Å². The number of para-hydroxylation sites is 1. The Hall–Kier alpha value is -2.78. The summed E-state index contributed by atoms with van der Waals surface area (Å²) in [6.07, 6.45) is -4.52. The molecule has 1 saturated heterocycles. The van der Waals surface area contributed by atoms with E-state index in [1.54, 1.807) is 6.92 Å². The van der Waals surface area contributed by atoms with Crippen LogP contribution in [-0.2, 0) is 17.5 Å². The zero-order chi connectivity index (χ0) is 22.0. The van der Waals surface area contributed by atoms with Crippen LogP contribution in [0.5, 0.6) is 11.5 Å². The van der Waals surface area contributed by atoms with Crippen LogP contribution in [0.2, 0.25) is 0 Å². The standard InChI is InChI=1S/C22H24F3N3O3/c1-15(21(29)26-18-5-3-2-4-17(18)22(23,24)25)28-10-8-27(9-11-28)13-16-6-7-19-20(12-16)31-14-30-19/h2-7,12,15H,8-11,13-14H2,1H3,(H,26,29). The number of rotatable bonds is 5. The summed E-state index contributed by atoms with van der Waals surface area (Å²) < 4.78 is 50.3. The van der Waals surface area contributed by atoms with Gasteiger partial charge in [0.25, 0.3) is 0 Å². The lowest BCUT2D eigenvalue weighted by Crippen LogP contribution is -2.52. The molecule has 0 aliphatic carbocycles. The number of fused-ring (bicyclic) bond motifs is 1. The number of piperazine rings is 1. The summed E-state index contributed by atoms with van der Waals surface area (Å²) in [7, 11) is 0. The molecule has 1 fully saturated rings. The van der Waals surface area contributed by atoms with Crippen LogP contribution >= 0.6 is 0 Å². The molecule has 0 saturated carbocycles. The maximum atomic E-state index is 13.2. The summed E-state index contributed by atoms with van der Waals surface area (Å²) in [6.45, 7) is 5.53. The first-order valence-corrected chi connectivity index (χ1v) is 10.1. The summed E-state index contributed by atoms with van der Waals surface area (Å²) in [4.78, 5) is 16.9. The molecule has 31 heavy (non-hydrogen) atoms. The highest BCUT2D eigenvalue weighted by molar-refractivity contribution is 5.95. The first-order valence-electron chi connectivity index (χ1n) is 10.1. The van der Waals surface area contributed by atoms with Crippen LogP contribution < -0.4 is 14.8 Å². The van der Waals surface area contributed by atoms with Crippen molar-refractivity contribution < 1.29 is 27.4 Å². The lowest BCUT2D eigenvalue weighted by molar-refractivity contribution is -0.137. The minimum atomic E-state index is -4.52. The normalized spacial score (nSPS) is 18.1. The summed E-state index contributed by atoms with van der Waals surface area (Å²) in [5.41, 5.74) is 0.0599. The average molecular weight is 435 g/mol. The molecule has 0 spiro atoms. The monoisotopic (exact) mass is 435 g/mol. The van der Waals surface area contributed by atoms with Gasteiger partial charge in [-0.1, -0.05) is 18.2 Å². The number of amides is 1. The second-order valence-electron chi connectivity index (χ2n) is 7.71. The number of alkyl halides is 3. The van der Waals surface area contributed by atoms with Crippen LogP contribution in [0, 0.1) is 0 Å². The number of halogens is 3. The summed E-state index contributed by atoms with van der Waals surface area (Å²) >= 11 is 0. The van der Waals surface area contributed by atoms with Crippen LogP contribution in [0.1, 0.15) is 18.1 Å². The van der Waals surface area contributed by atoms with E-state index in [9.17, 15) is 18.0 Å². The molecule has 9 heteroatoms. The molecule has 6 nitrogen and oxygen atoms in total. The van der Waals surface area contributed by atoms with Crippen LogP contribution in [0.25, 0.3) is 0 Å². The molecule has 2 aliphatic heterocycles. The summed E-state index contributed by atoms with van der Waals surface area (Å²) in [6, 6.07) is 10.4. The van der Waals surface area contributed by atoms with Gasteiger partial charge in [0.05, 0.1) is 17.3 Å². The fraction of sp³-hybridized carbons (Fsp3) is 0.409. The van der Waals surface area contributed by atoms with Crippen LogP contribution in [0.4, 0.5) is 18.9 Å². The van der Waals surface area contributed by atoms with E-state index in [2.05, 4.69) is 10.2 Å². The third-order valence-electron chi connectivity index (χ3n) is 5.67. The number of ether oxygens (including phenoxy) is 2. The maximum absolute atomic E-state index is 13.2. The van der Waals surface area contributed by atoms with E-state index in [-0.39, 0.29) is 12.5 Å². The number of hydrogen-bond donors (Lipinski definition) is 1. The fourth-order valence-electron chi connectivity index (χ4n) is 3.85. The highest BCUT2D eigenvalue weighted by Crippen LogP contribution is 2.35. The average Bonchev–Trinajstić information content (AvgIpc) is 3.21. The van der Waals surface area contributed by atoms with Crippen molar-refractivity contribution >= 4 is 11.6 Å². The smallest absolute Gasteiger partial charge is 0.418 e.